The van der Waals surface area contributed by atoms with Crippen LogP contribution in [0.15, 0.2) is 58.4 Å². The lowest BCUT2D eigenvalue weighted by Crippen LogP contribution is -2.16. The third kappa shape index (κ3) is 3.99. The predicted octanol–water partition coefficient (Wildman–Crippen LogP) is 2.77. The summed E-state index contributed by atoms with van der Waals surface area (Å²) in [4.78, 5) is 19.1. The number of nitrogens with zero attached hydrogens (tertiary/aromatic N) is 3. The van der Waals surface area contributed by atoms with Crippen LogP contribution < -0.4 is 20.5 Å². The number of aromatic amines is 1. The van der Waals surface area contributed by atoms with Crippen molar-refractivity contribution in [3.8, 4) is 28.8 Å². The van der Waals surface area contributed by atoms with E-state index in [1.165, 1.54) is 6.21 Å². The molecule has 0 unspecified atom stereocenters. The molecule has 3 aromatic rings. The van der Waals surface area contributed by atoms with Gasteiger partial charge in [0.1, 0.15) is 23.1 Å². The smallest absolute Gasteiger partial charge is 0.270 e. The van der Waals surface area contributed by atoms with Crippen LogP contribution in [0.25, 0.3) is 11.3 Å². The molecule has 1 aromatic heterocycles. The molecule has 2 aromatic carbocycles. The van der Waals surface area contributed by atoms with Gasteiger partial charge in [0.05, 0.1) is 26.1 Å². The van der Waals surface area contributed by atoms with Gasteiger partial charge >= 0.3 is 0 Å². The van der Waals surface area contributed by atoms with E-state index < -0.39 is 5.56 Å². The van der Waals surface area contributed by atoms with Crippen molar-refractivity contribution in [1.29, 1.82) is 5.26 Å². The fourth-order valence-electron chi connectivity index (χ4n) is 2.54. The Bertz CT molecular complexity index is 1100. The first-order valence-electron chi connectivity index (χ1n) is 8.27. The van der Waals surface area contributed by atoms with Gasteiger partial charge in [-0.05, 0) is 18.2 Å². The number of hydrazone groups is 1. The number of nitrogens with one attached hydrogen (secondary N) is 2. The molecule has 140 valence electrons. The molecule has 2 N–H and O–H groups in total. The second-order valence-corrected chi connectivity index (χ2v) is 5.59. The third-order valence-electron chi connectivity index (χ3n) is 3.89. The van der Waals surface area contributed by atoms with E-state index >= 15 is 0 Å². The number of methoxy groups -OCH3 is 2. The number of anilines is 1. The number of hydrogen-bond acceptors (Lipinski definition) is 7. The van der Waals surface area contributed by atoms with Crippen LogP contribution in [0.3, 0.4) is 0 Å². The molecule has 0 atom stereocenters. The molecule has 1 heterocycles. The summed E-state index contributed by atoms with van der Waals surface area (Å²) in [7, 11) is 3.12. The van der Waals surface area contributed by atoms with Crippen LogP contribution in [0, 0.1) is 11.3 Å². The molecular formula is C20H17N5O3. The maximum absolute atomic E-state index is 12.2. The summed E-state index contributed by atoms with van der Waals surface area (Å²) in [5.41, 5.74) is 3.69. The van der Waals surface area contributed by atoms with Crippen molar-refractivity contribution in [3.63, 3.8) is 0 Å². The highest BCUT2D eigenvalue weighted by molar-refractivity contribution is 5.84. The average Bonchev–Trinajstić information content (AvgIpc) is 2.74. The van der Waals surface area contributed by atoms with E-state index in [1.807, 2.05) is 12.1 Å². The molecular weight excluding hydrogens is 358 g/mol. The maximum Gasteiger partial charge on any atom is 0.270 e. The van der Waals surface area contributed by atoms with E-state index in [4.69, 9.17) is 9.47 Å². The lowest BCUT2D eigenvalue weighted by molar-refractivity contribution is 0.402. The number of aromatic nitrogens is 2. The number of benzene rings is 2. The molecule has 8 heteroatoms. The molecule has 8 nitrogen and oxygen atoms in total. The van der Waals surface area contributed by atoms with Crippen molar-refractivity contribution in [2.75, 3.05) is 19.6 Å². The number of H-pyrrole nitrogens is 1. The Hall–Kier alpha value is -4.12. The van der Waals surface area contributed by atoms with Crippen molar-refractivity contribution in [3.05, 3.63) is 70.0 Å². The first kappa shape index (κ1) is 18.7. The van der Waals surface area contributed by atoms with Crippen molar-refractivity contribution in [2.24, 2.45) is 5.10 Å². The van der Waals surface area contributed by atoms with Gasteiger partial charge in [-0.25, -0.2) is 10.4 Å². The van der Waals surface area contributed by atoms with Gasteiger partial charge in [-0.15, -0.1) is 0 Å². The highest BCUT2D eigenvalue weighted by atomic mass is 16.5. The Kier molecular flexibility index (Phi) is 5.67. The topological polar surface area (TPSA) is 112 Å². The molecule has 0 spiro atoms. The van der Waals surface area contributed by atoms with Crippen LogP contribution in [0.2, 0.25) is 0 Å². The fraction of sp³-hybridized carbons (Fsp3) is 0.100. The predicted molar refractivity (Wildman–Crippen MR) is 106 cm³/mol. The molecule has 3 rings (SSSR count). The largest absolute Gasteiger partial charge is 0.497 e. The van der Waals surface area contributed by atoms with E-state index in [9.17, 15) is 10.1 Å². The van der Waals surface area contributed by atoms with E-state index in [1.54, 1.807) is 56.7 Å². The van der Waals surface area contributed by atoms with Crippen LogP contribution in [0.4, 0.5) is 5.95 Å². The van der Waals surface area contributed by atoms with Crippen molar-refractivity contribution < 1.29 is 9.47 Å². The summed E-state index contributed by atoms with van der Waals surface area (Å²) in [6, 6.07) is 16.2. The zero-order valence-electron chi connectivity index (χ0n) is 15.3. The quantitative estimate of drug-likeness (QED) is 0.506. The average molecular weight is 375 g/mol. The van der Waals surface area contributed by atoms with Crippen molar-refractivity contribution in [1.82, 2.24) is 9.97 Å². The van der Waals surface area contributed by atoms with Gasteiger partial charge in [-0.1, -0.05) is 30.3 Å². The minimum Gasteiger partial charge on any atom is -0.497 e. The highest BCUT2D eigenvalue weighted by Gasteiger charge is 2.12. The van der Waals surface area contributed by atoms with E-state index in [2.05, 4.69) is 20.5 Å². The number of nitriles is 1. The first-order chi connectivity index (χ1) is 13.7. The number of ether oxygens (including phenoxy) is 2. The van der Waals surface area contributed by atoms with Crippen LogP contribution in [-0.4, -0.2) is 30.4 Å². The summed E-state index contributed by atoms with van der Waals surface area (Å²) in [5, 5.41) is 13.4. The van der Waals surface area contributed by atoms with E-state index in [0.29, 0.717) is 22.6 Å². The molecule has 0 fully saturated rings. The van der Waals surface area contributed by atoms with Crippen LogP contribution in [-0.2, 0) is 0 Å². The van der Waals surface area contributed by atoms with Crippen LogP contribution >= 0.6 is 0 Å². The van der Waals surface area contributed by atoms with Gasteiger partial charge in [0.25, 0.3) is 5.56 Å². The van der Waals surface area contributed by atoms with E-state index in [0.717, 1.165) is 0 Å². The second kappa shape index (κ2) is 8.51. The summed E-state index contributed by atoms with van der Waals surface area (Å²) in [6.45, 7) is 0. The van der Waals surface area contributed by atoms with Crippen molar-refractivity contribution >= 4 is 12.2 Å². The molecule has 0 bridgehead atoms. The molecule has 0 aliphatic rings. The van der Waals surface area contributed by atoms with Crippen LogP contribution in [0.5, 0.6) is 11.5 Å². The molecule has 0 aliphatic heterocycles. The SMILES string of the molecule is COc1ccc(OC)c(C=NNc2nc(-c3ccccc3)c(C#N)c(=O)[nH]2)c1. The van der Waals surface area contributed by atoms with Gasteiger partial charge in [0.15, 0.2) is 0 Å². The highest BCUT2D eigenvalue weighted by Crippen LogP contribution is 2.22. The number of hydrogen-bond donors (Lipinski definition) is 2. The minimum absolute atomic E-state index is 0.0600. The summed E-state index contributed by atoms with van der Waals surface area (Å²) >= 11 is 0. The molecule has 0 aliphatic carbocycles. The summed E-state index contributed by atoms with van der Waals surface area (Å²) in [5.74, 6) is 1.37. The Morgan fingerprint density at radius 2 is 1.96 bits per heavy atom. The molecule has 0 radical (unpaired) electrons. The molecule has 0 amide bonds. The maximum atomic E-state index is 12.2. The first-order valence-corrected chi connectivity index (χ1v) is 8.27. The molecule has 0 saturated heterocycles. The summed E-state index contributed by atoms with van der Waals surface area (Å²) in [6.07, 6.45) is 1.52. The third-order valence-corrected chi connectivity index (χ3v) is 3.89. The Morgan fingerprint density at radius 1 is 1.18 bits per heavy atom. The van der Waals surface area contributed by atoms with Gasteiger partial charge in [-0.3, -0.25) is 9.78 Å². The Morgan fingerprint density at radius 3 is 2.64 bits per heavy atom. The lowest BCUT2D eigenvalue weighted by atomic mass is 10.1. The van der Waals surface area contributed by atoms with Gasteiger partial charge in [0, 0.05) is 11.1 Å². The fourth-order valence-corrected chi connectivity index (χ4v) is 2.54. The Labute approximate surface area is 161 Å². The summed E-state index contributed by atoms with van der Waals surface area (Å²) < 4.78 is 10.5. The van der Waals surface area contributed by atoms with Crippen molar-refractivity contribution in [2.45, 2.75) is 0 Å². The normalized spacial score (nSPS) is 10.5. The Balaban J connectivity index is 1.92. The lowest BCUT2D eigenvalue weighted by Gasteiger charge is -2.07. The molecule has 28 heavy (non-hydrogen) atoms. The van der Waals surface area contributed by atoms with Crippen LogP contribution in [0.1, 0.15) is 11.1 Å². The number of rotatable bonds is 6. The van der Waals surface area contributed by atoms with Gasteiger partial charge in [-0.2, -0.15) is 10.4 Å². The minimum atomic E-state index is -0.548. The zero-order valence-corrected chi connectivity index (χ0v) is 15.3. The van der Waals surface area contributed by atoms with Gasteiger partial charge < -0.3 is 9.47 Å². The standard InChI is InChI=1S/C20H17N5O3/c1-27-15-8-9-17(28-2)14(10-15)12-22-25-20-23-18(13-6-4-3-5-7-13)16(11-21)19(26)24-20/h3-10,12H,1-2H3,(H2,23,24,25,26). The molecule has 0 saturated carbocycles. The van der Waals surface area contributed by atoms with Gasteiger partial charge in [0.2, 0.25) is 5.95 Å². The monoisotopic (exact) mass is 375 g/mol. The second-order valence-electron chi connectivity index (χ2n) is 5.59. The van der Waals surface area contributed by atoms with E-state index in [-0.39, 0.29) is 17.2 Å². The zero-order chi connectivity index (χ0) is 19.9.